The van der Waals surface area contributed by atoms with Gasteiger partial charge in [0.05, 0.1) is 5.57 Å². The molecular formula is C6H5BrClNO. The zero-order valence-corrected chi connectivity index (χ0v) is 7.44. The van der Waals surface area contributed by atoms with E-state index in [1.807, 2.05) is 0 Å². The minimum Gasteiger partial charge on any atom is -0.298 e. The fourth-order valence-corrected chi connectivity index (χ4v) is 0.891. The Morgan fingerprint density at radius 1 is 1.70 bits per heavy atom. The van der Waals surface area contributed by atoms with Crippen LogP contribution < -0.4 is 0 Å². The summed E-state index contributed by atoms with van der Waals surface area (Å²) in [5.74, 6) is 0. The van der Waals surface area contributed by atoms with Crippen molar-refractivity contribution >= 4 is 40.5 Å². The van der Waals surface area contributed by atoms with Crippen molar-refractivity contribution in [2.45, 2.75) is 0 Å². The van der Waals surface area contributed by atoms with Crippen LogP contribution in [0.25, 0.3) is 0 Å². The maximum absolute atomic E-state index is 10.2. The van der Waals surface area contributed by atoms with Crippen LogP contribution in [0.15, 0.2) is 26.8 Å². The number of hydrogen-bond donors (Lipinski definition) is 0. The summed E-state index contributed by atoms with van der Waals surface area (Å²) in [7, 11) is 0. The van der Waals surface area contributed by atoms with Gasteiger partial charge in [-0.15, -0.1) is 0 Å². The number of hydrogen-bond acceptors (Lipinski definition) is 2. The van der Waals surface area contributed by atoms with E-state index in [1.54, 1.807) is 0 Å². The highest BCUT2D eigenvalue weighted by molar-refractivity contribution is 9.11. The Balaban J connectivity index is 4.79. The molecule has 0 amide bonds. The van der Waals surface area contributed by atoms with Gasteiger partial charge in [-0.05, 0) is 22.6 Å². The molecule has 0 aliphatic carbocycles. The van der Waals surface area contributed by atoms with Gasteiger partial charge in [0.25, 0.3) is 0 Å². The molecule has 10 heavy (non-hydrogen) atoms. The lowest BCUT2D eigenvalue weighted by Gasteiger charge is -1.94. The monoisotopic (exact) mass is 221 g/mol. The molecule has 0 aromatic carbocycles. The SMILES string of the molecule is C=N/C(Br)=C(/C=O)C(=C)Cl. The summed E-state index contributed by atoms with van der Waals surface area (Å²) in [6.07, 6.45) is 0.564. The third-order valence-corrected chi connectivity index (χ3v) is 1.65. The van der Waals surface area contributed by atoms with Crippen molar-refractivity contribution in [1.82, 2.24) is 0 Å². The largest absolute Gasteiger partial charge is 0.298 e. The van der Waals surface area contributed by atoms with E-state index in [0.29, 0.717) is 10.9 Å². The van der Waals surface area contributed by atoms with Gasteiger partial charge in [0.15, 0.2) is 6.29 Å². The molecule has 0 unspecified atom stereocenters. The summed E-state index contributed by atoms with van der Waals surface area (Å²) >= 11 is 8.39. The predicted molar refractivity (Wildman–Crippen MR) is 46.6 cm³/mol. The lowest BCUT2D eigenvalue weighted by molar-refractivity contribution is -0.104. The van der Waals surface area contributed by atoms with E-state index in [0.717, 1.165) is 0 Å². The van der Waals surface area contributed by atoms with E-state index >= 15 is 0 Å². The number of carbonyl (C=O) groups excluding carboxylic acids is 1. The van der Waals surface area contributed by atoms with Gasteiger partial charge in [0.1, 0.15) is 4.61 Å². The molecule has 0 radical (unpaired) electrons. The molecule has 0 N–H and O–H groups in total. The Labute approximate surface area is 72.4 Å². The maximum atomic E-state index is 10.2. The van der Waals surface area contributed by atoms with Crippen LogP contribution in [0.4, 0.5) is 0 Å². The minimum atomic E-state index is 0.147. The quantitative estimate of drug-likeness (QED) is 0.237. The second-order valence-electron chi connectivity index (χ2n) is 1.39. The Bertz CT molecular complexity index is 210. The Morgan fingerprint density at radius 2 is 2.20 bits per heavy atom. The summed E-state index contributed by atoms with van der Waals surface area (Å²) < 4.78 is 0.308. The van der Waals surface area contributed by atoms with E-state index in [4.69, 9.17) is 11.6 Å². The second-order valence-corrected chi connectivity index (χ2v) is 2.59. The highest BCUT2D eigenvalue weighted by Crippen LogP contribution is 2.19. The molecule has 0 atom stereocenters. The van der Waals surface area contributed by atoms with Crippen LogP contribution in [0.5, 0.6) is 0 Å². The van der Waals surface area contributed by atoms with Crippen molar-refractivity contribution in [2.24, 2.45) is 4.99 Å². The number of carbonyl (C=O) groups is 1. The molecule has 2 nitrogen and oxygen atoms in total. The first-order valence-corrected chi connectivity index (χ1v) is 3.47. The normalized spacial score (nSPS) is 11.8. The summed E-state index contributed by atoms with van der Waals surface area (Å²) in [6, 6.07) is 0. The van der Waals surface area contributed by atoms with Crippen molar-refractivity contribution in [3.63, 3.8) is 0 Å². The molecule has 0 saturated carbocycles. The number of allylic oxidation sites excluding steroid dienone is 2. The lowest BCUT2D eigenvalue weighted by Crippen LogP contribution is -1.84. The highest BCUT2D eigenvalue weighted by Gasteiger charge is 2.02. The Morgan fingerprint density at radius 3 is 2.30 bits per heavy atom. The van der Waals surface area contributed by atoms with E-state index in [-0.39, 0.29) is 10.6 Å². The number of nitrogens with zero attached hydrogens (tertiary/aromatic N) is 1. The van der Waals surface area contributed by atoms with Crippen LogP contribution in [0.2, 0.25) is 0 Å². The summed E-state index contributed by atoms with van der Waals surface area (Å²) in [5, 5.41) is 0.147. The first kappa shape index (κ1) is 9.59. The molecule has 4 heteroatoms. The number of halogens is 2. The standard InChI is InChI=1S/C6H5BrClNO/c1-4(8)5(3-10)6(7)9-2/h3H,1-2H2/b6-5-. The van der Waals surface area contributed by atoms with Crippen LogP contribution in [0.3, 0.4) is 0 Å². The predicted octanol–water partition coefficient (Wildman–Crippen LogP) is 2.24. The molecular weight excluding hydrogens is 217 g/mol. The van der Waals surface area contributed by atoms with Gasteiger partial charge in [-0.3, -0.25) is 9.79 Å². The molecule has 0 saturated heterocycles. The number of aldehydes is 1. The molecule has 0 aromatic rings. The number of rotatable bonds is 3. The first-order chi connectivity index (χ1) is 4.63. The van der Waals surface area contributed by atoms with E-state index in [9.17, 15) is 4.79 Å². The van der Waals surface area contributed by atoms with Crippen molar-refractivity contribution in [3.05, 3.63) is 21.8 Å². The first-order valence-electron chi connectivity index (χ1n) is 2.30. The van der Waals surface area contributed by atoms with E-state index in [1.165, 1.54) is 0 Å². The van der Waals surface area contributed by atoms with Gasteiger partial charge >= 0.3 is 0 Å². The summed E-state index contributed by atoms with van der Waals surface area (Å²) in [4.78, 5) is 13.7. The minimum absolute atomic E-state index is 0.147. The molecule has 0 bridgehead atoms. The van der Waals surface area contributed by atoms with Gasteiger partial charge in [-0.2, -0.15) is 0 Å². The van der Waals surface area contributed by atoms with Gasteiger partial charge in [-0.25, -0.2) is 0 Å². The average Bonchev–Trinajstić information content (AvgIpc) is 1.88. The number of aliphatic imine (C=N–C) groups is 1. The third-order valence-electron chi connectivity index (χ3n) is 0.771. The fourth-order valence-electron chi connectivity index (χ4n) is 0.310. The molecule has 0 rings (SSSR count). The van der Waals surface area contributed by atoms with Gasteiger partial charge in [0.2, 0.25) is 0 Å². The molecule has 0 aliphatic heterocycles. The summed E-state index contributed by atoms with van der Waals surface area (Å²) in [6.45, 7) is 6.55. The average molecular weight is 222 g/mol. The second kappa shape index (κ2) is 4.41. The van der Waals surface area contributed by atoms with Crippen LogP contribution >= 0.6 is 27.5 Å². The molecule has 0 spiro atoms. The zero-order valence-electron chi connectivity index (χ0n) is 5.10. The molecule has 0 aliphatic rings. The van der Waals surface area contributed by atoms with Gasteiger partial charge in [0, 0.05) is 5.03 Å². The smallest absolute Gasteiger partial charge is 0.154 e. The zero-order chi connectivity index (χ0) is 8.15. The van der Waals surface area contributed by atoms with Crippen LogP contribution in [-0.2, 0) is 4.79 Å². The van der Waals surface area contributed by atoms with Crippen LogP contribution in [0, 0.1) is 0 Å². The van der Waals surface area contributed by atoms with Crippen molar-refractivity contribution in [1.29, 1.82) is 0 Å². The van der Waals surface area contributed by atoms with E-state index < -0.39 is 0 Å². The van der Waals surface area contributed by atoms with Gasteiger partial charge in [-0.1, -0.05) is 18.2 Å². The van der Waals surface area contributed by atoms with Gasteiger partial charge < -0.3 is 0 Å². The third kappa shape index (κ3) is 2.45. The van der Waals surface area contributed by atoms with E-state index in [2.05, 4.69) is 34.2 Å². The topological polar surface area (TPSA) is 29.4 Å². The fraction of sp³-hybridized carbons (Fsp3) is 0. The highest BCUT2D eigenvalue weighted by atomic mass is 79.9. The van der Waals surface area contributed by atoms with Crippen molar-refractivity contribution in [2.75, 3.05) is 0 Å². The Hall–Kier alpha value is -0.410. The maximum Gasteiger partial charge on any atom is 0.154 e. The lowest BCUT2D eigenvalue weighted by atomic mass is 10.3. The molecule has 0 fully saturated rings. The Kier molecular flexibility index (Phi) is 4.23. The molecule has 54 valence electrons. The summed E-state index contributed by atoms with van der Waals surface area (Å²) in [5.41, 5.74) is 0.219. The molecule has 0 heterocycles. The van der Waals surface area contributed by atoms with Crippen molar-refractivity contribution < 1.29 is 4.79 Å². The van der Waals surface area contributed by atoms with Crippen LogP contribution in [-0.4, -0.2) is 13.0 Å². The molecule has 0 aromatic heterocycles. The van der Waals surface area contributed by atoms with Crippen molar-refractivity contribution in [3.8, 4) is 0 Å². The van der Waals surface area contributed by atoms with Crippen LogP contribution in [0.1, 0.15) is 0 Å².